The maximum Gasteiger partial charge on any atom is 0.221 e. The van der Waals surface area contributed by atoms with Gasteiger partial charge in [-0.25, -0.2) is 0 Å². The highest BCUT2D eigenvalue weighted by atomic mass is 32.1. The van der Waals surface area contributed by atoms with Crippen LogP contribution in [0.3, 0.4) is 0 Å². The molecule has 1 aromatic carbocycles. The summed E-state index contributed by atoms with van der Waals surface area (Å²) >= 11 is 5.03. The van der Waals surface area contributed by atoms with E-state index in [-0.39, 0.29) is 11.9 Å². The molecule has 0 spiro atoms. The molecule has 6 heteroatoms. The Bertz CT molecular complexity index is 468. The summed E-state index contributed by atoms with van der Waals surface area (Å²) in [4.78, 5) is 10.9. The topological polar surface area (TPSA) is 65.5 Å². The van der Waals surface area contributed by atoms with Gasteiger partial charge in [0, 0.05) is 18.7 Å². The summed E-state index contributed by atoms with van der Waals surface area (Å²) in [7, 11) is 0. The van der Waals surface area contributed by atoms with Gasteiger partial charge in [-0.15, -0.1) is 0 Å². The number of benzene rings is 1. The summed E-state index contributed by atoms with van der Waals surface area (Å²) in [5.74, 6) is -0.0896. The number of thiocarbonyl (C=S) groups is 1. The number of nitrogens with one attached hydrogen (secondary N) is 3. The summed E-state index contributed by atoms with van der Waals surface area (Å²) in [6.07, 6.45) is 1.66. The van der Waals surface area contributed by atoms with E-state index in [2.05, 4.69) is 21.2 Å². The van der Waals surface area contributed by atoms with Gasteiger partial charge in [-0.05, 0) is 43.8 Å². The fourth-order valence-corrected chi connectivity index (χ4v) is 1.60. The third-order valence-electron chi connectivity index (χ3n) is 2.03. The van der Waals surface area contributed by atoms with Crippen molar-refractivity contribution < 1.29 is 4.79 Å². The molecule has 19 heavy (non-hydrogen) atoms. The molecule has 0 saturated heterocycles. The lowest BCUT2D eigenvalue weighted by Gasteiger charge is -2.09. The Hall–Kier alpha value is -1.95. The Labute approximate surface area is 118 Å². The van der Waals surface area contributed by atoms with E-state index < -0.39 is 0 Å². The van der Waals surface area contributed by atoms with Gasteiger partial charge in [-0.1, -0.05) is 12.1 Å². The monoisotopic (exact) mass is 278 g/mol. The molecular formula is C13H18N4OS. The van der Waals surface area contributed by atoms with Gasteiger partial charge in [0.15, 0.2) is 5.11 Å². The van der Waals surface area contributed by atoms with Gasteiger partial charge in [-0.3, -0.25) is 10.2 Å². The zero-order chi connectivity index (χ0) is 14.3. The molecule has 0 atom stereocenters. The van der Waals surface area contributed by atoms with Gasteiger partial charge in [0.05, 0.1) is 6.21 Å². The van der Waals surface area contributed by atoms with Crippen LogP contribution >= 0.6 is 12.2 Å². The van der Waals surface area contributed by atoms with Crippen LogP contribution in [0.4, 0.5) is 5.69 Å². The van der Waals surface area contributed by atoms with Crippen LogP contribution in [0, 0.1) is 0 Å². The summed E-state index contributed by atoms with van der Waals surface area (Å²) < 4.78 is 0. The van der Waals surface area contributed by atoms with Crippen molar-refractivity contribution in [2.75, 3.05) is 5.32 Å². The number of hydrogen-bond acceptors (Lipinski definition) is 3. The van der Waals surface area contributed by atoms with Crippen molar-refractivity contribution in [1.82, 2.24) is 10.7 Å². The average molecular weight is 278 g/mol. The van der Waals surface area contributed by atoms with E-state index in [9.17, 15) is 4.79 Å². The quantitative estimate of drug-likeness (QED) is 0.447. The molecular weight excluding hydrogens is 260 g/mol. The first-order valence-electron chi connectivity index (χ1n) is 5.94. The molecule has 3 N–H and O–H groups in total. The largest absolute Gasteiger partial charge is 0.359 e. The number of carbonyl (C=O) groups excluding carboxylic acids is 1. The molecule has 0 aliphatic carbocycles. The second-order valence-electron chi connectivity index (χ2n) is 4.30. The molecule has 1 aromatic rings. The smallest absolute Gasteiger partial charge is 0.221 e. The molecule has 1 amide bonds. The SMILES string of the molecule is CC(=O)Nc1ccc(/C=N\NC(=S)NC(C)C)cc1. The number of anilines is 1. The van der Waals surface area contributed by atoms with E-state index in [1.165, 1.54) is 6.92 Å². The normalized spacial score (nSPS) is 10.5. The minimum absolute atomic E-state index is 0.0896. The molecule has 5 nitrogen and oxygen atoms in total. The van der Waals surface area contributed by atoms with Gasteiger partial charge in [0.1, 0.15) is 0 Å². The van der Waals surface area contributed by atoms with E-state index in [0.717, 1.165) is 11.3 Å². The number of carbonyl (C=O) groups is 1. The van der Waals surface area contributed by atoms with Crippen LogP contribution in [0.15, 0.2) is 29.4 Å². The predicted octanol–water partition coefficient (Wildman–Crippen LogP) is 1.85. The minimum atomic E-state index is -0.0896. The molecule has 0 heterocycles. The predicted molar refractivity (Wildman–Crippen MR) is 82.3 cm³/mol. The van der Waals surface area contributed by atoms with Crippen molar-refractivity contribution in [3.05, 3.63) is 29.8 Å². The Morgan fingerprint density at radius 1 is 1.32 bits per heavy atom. The molecule has 0 bridgehead atoms. The Morgan fingerprint density at radius 2 is 1.95 bits per heavy atom. The number of amides is 1. The molecule has 0 aliphatic rings. The van der Waals surface area contributed by atoms with Crippen LogP contribution in [-0.2, 0) is 4.79 Å². The van der Waals surface area contributed by atoms with E-state index in [0.29, 0.717) is 5.11 Å². The highest BCUT2D eigenvalue weighted by Crippen LogP contribution is 2.07. The van der Waals surface area contributed by atoms with E-state index in [1.54, 1.807) is 6.21 Å². The van der Waals surface area contributed by atoms with Crippen LogP contribution < -0.4 is 16.1 Å². The standard InChI is InChI=1S/C13H18N4OS/c1-9(2)15-13(19)17-14-8-11-4-6-12(7-5-11)16-10(3)18/h4-9H,1-3H3,(H,16,18)(H2,15,17,19)/b14-8-. The van der Waals surface area contributed by atoms with Gasteiger partial charge >= 0.3 is 0 Å². The van der Waals surface area contributed by atoms with Crippen molar-refractivity contribution in [3.8, 4) is 0 Å². The minimum Gasteiger partial charge on any atom is -0.359 e. The Balaban J connectivity index is 2.49. The molecule has 0 radical (unpaired) electrons. The summed E-state index contributed by atoms with van der Waals surface area (Å²) in [6.45, 7) is 5.47. The molecule has 0 fully saturated rings. The Kier molecular flexibility index (Phi) is 5.95. The van der Waals surface area contributed by atoms with Gasteiger partial charge in [0.2, 0.25) is 5.91 Å². The molecule has 1 rings (SSSR count). The maximum absolute atomic E-state index is 10.9. The number of hydrazone groups is 1. The third-order valence-corrected chi connectivity index (χ3v) is 2.24. The van der Waals surface area contributed by atoms with Crippen molar-refractivity contribution in [3.63, 3.8) is 0 Å². The first kappa shape index (κ1) is 15.1. The zero-order valence-electron chi connectivity index (χ0n) is 11.2. The lowest BCUT2D eigenvalue weighted by Crippen LogP contribution is -2.36. The highest BCUT2D eigenvalue weighted by molar-refractivity contribution is 7.80. The molecule has 0 unspecified atom stereocenters. The second-order valence-corrected chi connectivity index (χ2v) is 4.71. The van der Waals surface area contributed by atoms with Crippen molar-refractivity contribution in [1.29, 1.82) is 0 Å². The van der Waals surface area contributed by atoms with Crippen molar-refractivity contribution >= 4 is 35.1 Å². The van der Waals surface area contributed by atoms with Crippen molar-refractivity contribution in [2.45, 2.75) is 26.8 Å². The van der Waals surface area contributed by atoms with Gasteiger partial charge in [-0.2, -0.15) is 5.10 Å². The molecule has 0 aromatic heterocycles. The molecule has 102 valence electrons. The number of nitrogens with zero attached hydrogens (tertiary/aromatic N) is 1. The van der Waals surface area contributed by atoms with Crippen LogP contribution in [-0.4, -0.2) is 23.3 Å². The molecule has 0 aliphatic heterocycles. The number of rotatable bonds is 4. The fourth-order valence-electron chi connectivity index (χ4n) is 1.32. The van der Waals surface area contributed by atoms with Crippen LogP contribution in [0.25, 0.3) is 0 Å². The van der Waals surface area contributed by atoms with E-state index in [1.807, 2.05) is 38.1 Å². The summed E-state index contributed by atoms with van der Waals surface area (Å²) in [6, 6.07) is 7.61. The average Bonchev–Trinajstić information content (AvgIpc) is 2.29. The van der Waals surface area contributed by atoms with Crippen LogP contribution in [0.5, 0.6) is 0 Å². The van der Waals surface area contributed by atoms with Crippen molar-refractivity contribution in [2.24, 2.45) is 5.10 Å². The van der Waals surface area contributed by atoms with E-state index in [4.69, 9.17) is 12.2 Å². The number of hydrogen-bond donors (Lipinski definition) is 3. The second kappa shape index (κ2) is 7.48. The lowest BCUT2D eigenvalue weighted by atomic mass is 10.2. The third kappa shape index (κ3) is 6.52. The van der Waals surface area contributed by atoms with Crippen LogP contribution in [0.2, 0.25) is 0 Å². The van der Waals surface area contributed by atoms with Crippen LogP contribution in [0.1, 0.15) is 26.3 Å². The molecule has 0 saturated carbocycles. The maximum atomic E-state index is 10.9. The van der Waals surface area contributed by atoms with Gasteiger partial charge in [0.25, 0.3) is 0 Å². The summed E-state index contributed by atoms with van der Waals surface area (Å²) in [5.41, 5.74) is 4.40. The lowest BCUT2D eigenvalue weighted by molar-refractivity contribution is -0.114. The fraction of sp³-hybridized carbons (Fsp3) is 0.308. The first-order chi connectivity index (χ1) is 8.97. The Morgan fingerprint density at radius 3 is 2.47 bits per heavy atom. The highest BCUT2D eigenvalue weighted by Gasteiger charge is 1.96. The zero-order valence-corrected chi connectivity index (χ0v) is 12.0. The van der Waals surface area contributed by atoms with E-state index >= 15 is 0 Å². The first-order valence-corrected chi connectivity index (χ1v) is 6.35. The van der Waals surface area contributed by atoms with Gasteiger partial charge < -0.3 is 10.6 Å². The summed E-state index contributed by atoms with van der Waals surface area (Å²) in [5, 5.41) is 10.2.